The Morgan fingerprint density at radius 3 is 1.33 bits per heavy atom. The molecule has 2 heteroatoms. The molecule has 0 aromatic heterocycles. The van der Waals surface area contributed by atoms with Crippen molar-refractivity contribution in [3.63, 3.8) is 0 Å². The molecule has 0 saturated heterocycles. The van der Waals surface area contributed by atoms with Crippen LogP contribution in [-0.4, -0.2) is 0 Å². The average molecular weight is 557 g/mol. The maximum absolute atomic E-state index is 2.35. The van der Waals surface area contributed by atoms with Gasteiger partial charge in [-0.05, 0) is 109 Å². The number of aryl methyl sites for hydroxylation is 3. The zero-order valence-corrected chi connectivity index (χ0v) is 25.0. The molecule has 0 heterocycles. The van der Waals surface area contributed by atoms with Gasteiger partial charge in [-0.25, -0.2) is 0 Å². The van der Waals surface area contributed by atoms with Gasteiger partial charge < -0.3 is 9.80 Å². The van der Waals surface area contributed by atoms with Crippen LogP contribution >= 0.6 is 0 Å². The van der Waals surface area contributed by atoms with Gasteiger partial charge in [0.15, 0.2) is 0 Å². The molecule has 43 heavy (non-hydrogen) atoms. The minimum Gasteiger partial charge on any atom is -0.310 e. The fourth-order valence-corrected chi connectivity index (χ4v) is 5.49. The van der Waals surface area contributed by atoms with Gasteiger partial charge in [0.25, 0.3) is 0 Å². The van der Waals surface area contributed by atoms with Crippen LogP contribution in [0.25, 0.3) is 12.2 Å². The topological polar surface area (TPSA) is 6.48 Å². The first kappa shape index (κ1) is 27.8. The summed E-state index contributed by atoms with van der Waals surface area (Å²) in [5.41, 5.74) is 13.0. The van der Waals surface area contributed by atoms with Gasteiger partial charge in [0.1, 0.15) is 0 Å². The van der Waals surface area contributed by atoms with Gasteiger partial charge in [0, 0.05) is 34.1 Å². The summed E-state index contributed by atoms with van der Waals surface area (Å²) < 4.78 is 0. The molecule has 0 N–H and O–H groups in total. The summed E-state index contributed by atoms with van der Waals surface area (Å²) in [7, 11) is 0. The molecule has 210 valence electrons. The summed E-state index contributed by atoms with van der Waals surface area (Å²) >= 11 is 0. The van der Waals surface area contributed by atoms with Crippen molar-refractivity contribution in [1.82, 2.24) is 0 Å². The smallest absolute Gasteiger partial charge is 0.0490 e. The summed E-state index contributed by atoms with van der Waals surface area (Å²) in [5.74, 6) is 0. The third kappa shape index (κ3) is 6.29. The van der Waals surface area contributed by atoms with E-state index in [0.29, 0.717) is 0 Å². The van der Waals surface area contributed by atoms with Crippen molar-refractivity contribution in [2.75, 3.05) is 9.80 Å². The molecule has 0 saturated carbocycles. The second kappa shape index (κ2) is 12.7. The Balaban J connectivity index is 1.25. The quantitative estimate of drug-likeness (QED) is 0.172. The molecular weight excluding hydrogens is 520 g/mol. The molecule has 0 bridgehead atoms. The number of benzene rings is 6. The molecule has 0 aliphatic rings. The van der Waals surface area contributed by atoms with E-state index in [4.69, 9.17) is 0 Å². The molecule has 0 fully saturated rings. The van der Waals surface area contributed by atoms with Gasteiger partial charge in [0.2, 0.25) is 0 Å². The number of rotatable bonds is 8. The minimum atomic E-state index is 1.13. The van der Waals surface area contributed by atoms with Crippen LogP contribution in [0.1, 0.15) is 27.8 Å². The molecule has 6 aromatic carbocycles. The zero-order valence-electron chi connectivity index (χ0n) is 25.0. The predicted molar refractivity (Wildman–Crippen MR) is 185 cm³/mol. The van der Waals surface area contributed by atoms with Crippen LogP contribution < -0.4 is 9.80 Å². The Morgan fingerprint density at radius 2 is 0.814 bits per heavy atom. The largest absolute Gasteiger partial charge is 0.310 e. The Morgan fingerprint density at radius 1 is 0.372 bits per heavy atom. The van der Waals surface area contributed by atoms with Gasteiger partial charge >= 0.3 is 0 Å². The third-order valence-corrected chi connectivity index (χ3v) is 7.76. The molecular formula is C41H36N2. The number of hydrogen-bond acceptors (Lipinski definition) is 2. The summed E-state index contributed by atoms with van der Waals surface area (Å²) in [4.78, 5) is 4.65. The van der Waals surface area contributed by atoms with E-state index < -0.39 is 0 Å². The number of para-hydroxylation sites is 3. The maximum Gasteiger partial charge on any atom is 0.0490 e. The van der Waals surface area contributed by atoms with E-state index in [-0.39, 0.29) is 0 Å². The molecule has 0 spiro atoms. The van der Waals surface area contributed by atoms with Gasteiger partial charge in [-0.15, -0.1) is 0 Å². The van der Waals surface area contributed by atoms with E-state index in [0.717, 1.165) is 33.9 Å². The van der Waals surface area contributed by atoms with E-state index in [1.807, 2.05) is 0 Å². The molecule has 0 atom stereocenters. The molecule has 6 rings (SSSR count). The number of anilines is 6. The Bertz CT molecular complexity index is 1790. The predicted octanol–water partition coefficient (Wildman–Crippen LogP) is 11.7. The molecule has 0 aliphatic carbocycles. The Kier molecular flexibility index (Phi) is 8.19. The van der Waals surface area contributed by atoms with Crippen LogP contribution in [0, 0.1) is 20.8 Å². The SMILES string of the molecule is Cc1cccc(N(c2ccccc2)c2ccc(C=Cc3ccc(N(c4ccccc4C)c4ccccc4C)cc3)cc2)c1. The lowest BCUT2D eigenvalue weighted by Gasteiger charge is -2.28. The van der Waals surface area contributed by atoms with Crippen molar-refractivity contribution in [1.29, 1.82) is 0 Å². The second-order valence-electron chi connectivity index (χ2n) is 10.9. The molecule has 0 unspecified atom stereocenters. The highest BCUT2D eigenvalue weighted by atomic mass is 15.1. The van der Waals surface area contributed by atoms with E-state index in [9.17, 15) is 0 Å². The van der Waals surface area contributed by atoms with Crippen molar-refractivity contribution in [2.24, 2.45) is 0 Å². The first-order valence-corrected chi connectivity index (χ1v) is 14.8. The Hall–Kier alpha value is -5.34. The highest BCUT2D eigenvalue weighted by molar-refractivity contribution is 5.82. The molecule has 0 radical (unpaired) electrons. The van der Waals surface area contributed by atoms with Crippen molar-refractivity contribution < 1.29 is 0 Å². The van der Waals surface area contributed by atoms with E-state index >= 15 is 0 Å². The fraction of sp³-hybridized carbons (Fsp3) is 0.0732. The third-order valence-electron chi connectivity index (χ3n) is 7.76. The second-order valence-corrected chi connectivity index (χ2v) is 10.9. The van der Waals surface area contributed by atoms with Gasteiger partial charge in [-0.3, -0.25) is 0 Å². The van der Waals surface area contributed by atoms with E-state index in [1.165, 1.54) is 28.1 Å². The summed E-state index contributed by atoms with van der Waals surface area (Å²) in [6.45, 7) is 6.47. The van der Waals surface area contributed by atoms with Crippen molar-refractivity contribution in [3.05, 3.63) is 179 Å². The van der Waals surface area contributed by atoms with Crippen molar-refractivity contribution >= 4 is 46.3 Å². The van der Waals surface area contributed by atoms with Crippen molar-refractivity contribution in [3.8, 4) is 0 Å². The fourth-order valence-electron chi connectivity index (χ4n) is 5.49. The van der Waals surface area contributed by atoms with E-state index in [1.54, 1.807) is 0 Å². The number of hydrogen-bond donors (Lipinski definition) is 0. The van der Waals surface area contributed by atoms with Gasteiger partial charge in [-0.2, -0.15) is 0 Å². The maximum atomic E-state index is 2.35. The van der Waals surface area contributed by atoms with Crippen molar-refractivity contribution in [2.45, 2.75) is 20.8 Å². The normalized spacial score (nSPS) is 11.0. The van der Waals surface area contributed by atoms with Crippen LogP contribution in [-0.2, 0) is 0 Å². The van der Waals surface area contributed by atoms with Gasteiger partial charge in [-0.1, -0.05) is 103 Å². The highest BCUT2D eigenvalue weighted by Gasteiger charge is 2.16. The van der Waals surface area contributed by atoms with Crippen LogP contribution in [0.4, 0.5) is 34.1 Å². The average Bonchev–Trinajstić information content (AvgIpc) is 3.04. The first-order valence-electron chi connectivity index (χ1n) is 14.8. The van der Waals surface area contributed by atoms with Gasteiger partial charge in [0.05, 0.1) is 0 Å². The zero-order chi connectivity index (χ0) is 29.6. The summed E-state index contributed by atoms with van der Waals surface area (Å²) in [5, 5.41) is 0. The Labute approximate surface area is 255 Å². The molecule has 0 aliphatic heterocycles. The lowest BCUT2D eigenvalue weighted by Crippen LogP contribution is -2.12. The summed E-state index contributed by atoms with van der Waals surface area (Å²) in [6, 6.07) is 53.9. The van der Waals surface area contributed by atoms with E-state index in [2.05, 4.69) is 194 Å². The summed E-state index contributed by atoms with van der Waals surface area (Å²) in [6.07, 6.45) is 4.36. The molecule has 2 nitrogen and oxygen atoms in total. The van der Waals surface area contributed by atoms with Crippen LogP contribution in [0.2, 0.25) is 0 Å². The van der Waals surface area contributed by atoms with Crippen LogP contribution in [0.15, 0.2) is 152 Å². The van der Waals surface area contributed by atoms with Crippen LogP contribution in [0.3, 0.4) is 0 Å². The molecule has 6 aromatic rings. The standard InChI is InChI=1S/C41H36N2/c1-31-12-11-17-39(30-31)42(36-15-5-4-6-16-36)37-26-22-34(23-27-37)20-21-35-24-28-38(29-25-35)43(40-18-9-7-13-32(40)2)41-19-10-8-14-33(41)3/h4-30H,1-3H3. The highest BCUT2D eigenvalue weighted by Crippen LogP contribution is 2.38. The minimum absolute atomic E-state index is 1.13. The molecule has 0 amide bonds. The monoisotopic (exact) mass is 556 g/mol. The van der Waals surface area contributed by atoms with Crippen LogP contribution in [0.5, 0.6) is 0 Å². The number of nitrogens with zero attached hydrogens (tertiary/aromatic N) is 2. The first-order chi connectivity index (χ1) is 21.1. The lowest BCUT2D eigenvalue weighted by atomic mass is 10.1. The lowest BCUT2D eigenvalue weighted by molar-refractivity contribution is 1.22.